The number of esters is 1. The molecule has 1 aliphatic rings. The molecule has 1 atom stereocenters. The highest BCUT2D eigenvalue weighted by atomic mass is 16.5. The highest BCUT2D eigenvalue weighted by Gasteiger charge is 2.37. The van der Waals surface area contributed by atoms with Crippen molar-refractivity contribution in [1.82, 2.24) is 19.1 Å². The van der Waals surface area contributed by atoms with Gasteiger partial charge in [-0.1, -0.05) is 13.8 Å². The number of nitrogens with zero attached hydrogens (tertiary/aromatic N) is 4. The van der Waals surface area contributed by atoms with Crippen LogP contribution < -0.4 is 5.56 Å². The Morgan fingerprint density at radius 1 is 1.29 bits per heavy atom. The molecule has 0 aromatic carbocycles. The van der Waals surface area contributed by atoms with Crippen molar-refractivity contribution in [3.8, 4) is 0 Å². The molecule has 3 rings (SSSR count). The van der Waals surface area contributed by atoms with Crippen molar-refractivity contribution in [3.63, 3.8) is 0 Å². The lowest BCUT2D eigenvalue weighted by Gasteiger charge is -2.23. The molecule has 0 aliphatic carbocycles. The molecule has 3 heterocycles. The molecule has 1 amide bonds. The first kappa shape index (κ1) is 20.1. The summed E-state index contributed by atoms with van der Waals surface area (Å²) in [6.07, 6.45) is 0. The number of ether oxygens (including phenoxy) is 2. The molecule has 0 spiro atoms. The van der Waals surface area contributed by atoms with E-state index in [9.17, 15) is 14.4 Å². The molecule has 0 N–H and O–H groups in total. The minimum atomic E-state index is -0.473. The average Bonchev–Trinajstić information content (AvgIpc) is 3.22. The lowest BCUT2D eigenvalue weighted by Crippen LogP contribution is -2.37. The van der Waals surface area contributed by atoms with Gasteiger partial charge < -0.3 is 18.9 Å². The first-order valence-corrected chi connectivity index (χ1v) is 9.40. The Kier molecular flexibility index (Phi) is 5.55. The molecule has 0 saturated carbocycles. The van der Waals surface area contributed by atoms with Gasteiger partial charge in [0.1, 0.15) is 17.9 Å². The maximum atomic E-state index is 13.1. The summed E-state index contributed by atoms with van der Waals surface area (Å²) in [5, 5.41) is 4.41. The summed E-state index contributed by atoms with van der Waals surface area (Å²) in [6, 6.07) is 1.54. The van der Waals surface area contributed by atoms with E-state index in [2.05, 4.69) is 5.10 Å². The predicted molar refractivity (Wildman–Crippen MR) is 101 cm³/mol. The van der Waals surface area contributed by atoms with Gasteiger partial charge in [0.25, 0.3) is 11.5 Å². The Morgan fingerprint density at radius 2 is 2.00 bits per heavy atom. The normalized spacial score (nSPS) is 14.8. The van der Waals surface area contributed by atoms with Crippen LogP contribution in [-0.4, -0.2) is 57.3 Å². The second-order valence-electron chi connectivity index (χ2n) is 7.25. The summed E-state index contributed by atoms with van der Waals surface area (Å²) in [6.45, 7) is 8.09. The van der Waals surface area contributed by atoms with E-state index in [-0.39, 0.29) is 48.8 Å². The second-order valence-corrected chi connectivity index (χ2v) is 7.25. The van der Waals surface area contributed by atoms with Crippen LogP contribution in [0.15, 0.2) is 10.9 Å². The number of methoxy groups -OCH3 is 1. The Hall–Kier alpha value is -2.68. The minimum absolute atomic E-state index is 0.0964. The van der Waals surface area contributed by atoms with Crippen LogP contribution >= 0.6 is 0 Å². The fourth-order valence-corrected chi connectivity index (χ4v) is 3.47. The fourth-order valence-electron chi connectivity index (χ4n) is 3.47. The number of rotatable bonds is 7. The zero-order chi connectivity index (χ0) is 20.6. The molecule has 9 heteroatoms. The molecule has 0 saturated heterocycles. The molecule has 28 heavy (non-hydrogen) atoms. The van der Waals surface area contributed by atoms with Gasteiger partial charge in [-0.05, 0) is 19.8 Å². The highest BCUT2D eigenvalue weighted by molar-refractivity contribution is 5.97. The van der Waals surface area contributed by atoms with E-state index in [0.29, 0.717) is 17.8 Å². The van der Waals surface area contributed by atoms with Gasteiger partial charge in [-0.2, -0.15) is 9.61 Å². The summed E-state index contributed by atoms with van der Waals surface area (Å²) in [5.74, 6) is -0.673. The van der Waals surface area contributed by atoms with E-state index < -0.39 is 5.97 Å². The van der Waals surface area contributed by atoms with E-state index in [1.807, 2.05) is 20.8 Å². The van der Waals surface area contributed by atoms with Crippen molar-refractivity contribution >= 4 is 17.5 Å². The van der Waals surface area contributed by atoms with E-state index >= 15 is 0 Å². The van der Waals surface area contributed by atoms with Crippen molar-refractivity contribution in [3.05, 3.63) is 33.4 Å². The van der Waals surface area contributed by atoms with Crippen molar-refractivity contribution in [2.75, 3.05) is 20.3 Å². The van der Waals surface area contributed by atoms with Gasteiger partial charge in [-0.3, -0.25) is 14.4 Å². The smallest absolute Gasteiger partial charge is 0.326 e. The van der Waals surface area contributed by atoms with E-state index in [0.717, 1.165) is 5.69 Å². The lowest BCUT2D eigenvalue weighted by molar-refractivity contribution is -0.143. The fraction of sp³-hybridized carbons (Fsp3) is 0.579. The summed E-state index contributed by atoms with van der Waals surface area (Å²) in [4.78, 5) is 40.0. The first-order chi connectivity index (χ1) is 13.3. The van der Waals surface area contributed by atoms with Crippen LogP contribution in [0.25, 0.3) is 5.65 Å². The second kappa shape index (κ2) is 7.75. The van der Waals surface area contributed by atoms with Gasteiger partial charge in [-0.15, -0.1) is 0 Å². The molecule has 0 fully saturated rings. The number of amides is 1. The maximum absolute atomic E-state index is 13.1. The SMILES string of the molecule is CCOC(=O)Cn1c2c(c(=O)n3nc(C(C)C)cc13)CN([C@@H](C)COC)C2=O. The zero-order valence-electron chi connectivity index (χ0n) is 16.9. The van der Waals surface area contributed by atoms with Crippen LogP contribution in [-0.2, 0) is 27.4 Å². The molecule has 9 nitrogen and oxygen atoms in total. The van der Waals surface area contributed by atoms with Crippen LogP contribution in [0.2, 0.25) is 0 Å². The Balaban J connectivity index is 2.20. The summed E-state index contributed by atoms with van der Waals surface area (Å²) in [5.41, 5.74) is 1.36. The topological polar surface area (TPSA) is 95.1 Å². The minimum Gasteiger partial charge on any atom is -0.465 e. The molecule has 2 aromatic heterocycles. The third kappa shape index (κ3) is 3.30. The predicted octanol–water partition coefficient (Wildman–Crippen LogP) is 1.17. The molecule has 2 aromatic rings. The zero-order valence-corrected chi connectivity index (χ0v) is 16.9. The molecule has 0 radical (unpaired) electrons. The Morgan fingerprint density at radius 3 is 2.61 bits per heavy atom. The van der Waals surface area contributed by atoms with Gasteiger partial charge in [0.2, 0.25) is 0 Å². The monoisotopic (exact) mass is 390 g/mol. The van der Waals surface area contributed by atoms with Gasteiger partial charge in [0, 0.05) is 13.2 Å². The molecular formula is C19H26N4O5. The number of carbonyl (C=O) groups is 2. The number of carbonyl (C=O) groups excluding carboxylic acids is 2. The van der Waals surface area contributed by atoms with Crippen molar-refractivity contribution in [1.29, 1.82) is 0 Å². The Bertz CT molecular complexity index is 975. The quantitative estimate of drug-likeness (QED) is 0.659. The van der Waals surface area contributed by atoms with Gasteiger partial charge >= 0.3 is 5.97 Å². The highest BCUT2D eigenvalue weighted by Crippen LogP contribution is 2.25. The van der Waals surface area contributed by atoms with Crippen LogP contribution in [0.5, 0.6) is 0 Å². The molecule has 0 bridgehead atoms. The van der Waals surface area contributed by atoms with E-state index in [1.165, 1.54) is 4.52 Å². The van der Waals surface area contributed by atoms with Crippen molar-refractivity contribution in [2.24, 2.45) is 0 Å². The summed E-state index contributed by atoms with van der Waals surface area (Å²) >= 11 is 0. The largest absolute Gasteiger partial charge is 0.465 e. The van der Waals surface area contributed by atoms with Crippen LogP contribution in [0.3, 0.4) is 0 Å². The lowest BCUT2D eigenvalue weighted by atomic mass is 10.1. The standard InChI is InChI=1S/C19H26N4O5/c1-6-28-16(24)9-22-15-7-14(11(2)3)20-23(15)18(25)13-8-21(12(4)10-27-5)19(26)17(13)22/h7,11-12H,6,8-10H2,1-5H3/t12-/m0/s1. The molecular weight excluding hydrogens is 364 g/mol. The number of hydrogen-bond donors (Lipinski definition) is 0. The Labute approximate surface area is 162 Å². The third-order valence-corrected chi connectivity index (χ3v) is 4.91. The van der Waals surface area contributed by atoms with Crippen LogP contribution in [0.1, 0.15) is 55.4 Å². The van der Waals surface area contributed by atoms with Crippen molar-refractivity contribution < 1.29 is 19.1 Å². The maximum Gasteiger partial charge on any atom is 0.326 e. The molecule has 152 valence electrons. The van der Waals surface area contributed by atoms with E-state index in [1.54, 1.807) is 29.6 Å². The van der Waals surface area contributed by atoms with Crippen molar-refractivity contribution in [2.45, 2.75) is 52.7 Å². The van der Waals surface area contributed by atoms with Gasteiger partial charge in [0.15, 0.2) is 0 Å². The third-order valence-electron chi connectivity index (χ3n) is 4.91. The first-order valence-electron chi connectivity index (χ1n) is 9.40. The number of aromatic nitrogens is 3. The van der Waals surface area contributed by atoms with Gasteiger partial charge in [-0.25, -0.2) is 0 Å². The van der Waals surface area contributed by atoms with Crippen LogP contribution in [0, 0.1) is 0 Å². The number of hydrogen-bond acceptors (Lipinski definition) is 6. The number of fused-ring (bicyclic) bond motifs is 2. The van der Waals surface area contributed by atoms with E-state index in [4.69, 9.17) is 9.47 Å². The summed E-state index contributed by atoms with van der Waals surface area (Å²) < 4.78 is 13.1. The van der Waals surface area contributed by atoms with Crippen LogP contribution in [0.4, 0.5) is 0 Å². The average molecular weight is 390 g/mol. The van der Waals surface area contributed by atoms with Gasteiger partial charge in [0.05, 0.1) is 37.1 Å². The molecule has 1 aliphatic heterocycles. The molecule has 0 unspecified atom stereocenters. The summed E-state index contributed by atoms with van der Waals surface area (Å²) in [7, 11) is 1.56.